The zero-order chi connectivity index (χ0) is 26.8. The first-order chi connectivity index (χ1) is 16.4. The molecule has 0 aliphatic heterocycles. The third-order valence-electron chi connectivity index (χ3n) is 6.06. The van der Waals surface area contributed by atoms with Crippen molar-refractivity contribution in [2.24, 2.45) is 5.92 Å². The maximum atomic E-state index is 13.8. The van der Waals surface area contributed by atoms with Crippen molar-refractivity contribution in [1.82, 2.24) is 15.5 Å². The smallest absolute Gasteiger partial charge is 0.408 e. The number of unbranched alkanes of at least 4 members (excludes halogenated alkanes) is 2. The summed E-state index contributed by atoms with van der Waals surface area (Å²) in [6, 6.07) is 6.07. The summed E-state index contributed by atoms with van der Waals surface area (Å²) in [5.41, 5.74) is 1.80. The topological polar surface area (TPSA) is 87.7 Å². The van der Waals surface area contributed by atoms with Crippen LogP contribution in [0.5, 0.6) is 0 Å². The van der Waals surface area contributed by atoms with E-state index >= 15 is 0 Å². The van der Waals surface area contributed by atoms with Gasteiger partial charge in [-0.25, -0.2) is 4.79 Å². The van der Waals surface area contributed by atoms with E-state index in [1.165, 1.54) is 0 Å². The first-order valence-corrected chi connectivity index (χ1v) is 12.5. The van der Waals surface area contributed by atoms with Crippen molar-refractivity contribution < 1.29 is 19.1 Å². The van der Waals surface area contributed by atoms with Gasteiger partial charge in [-0.05, 0) is 63.6 Å². The number of hydrogen-bond acceptors (Lipinski definition) is 4. The van der Waals surface area contributed by atoms with Crippen molar-refractivity contribution >= 4 is 17.9 Å². The van der Waals surface area contributed by atoms with E-state index in [2.05, 4.69) is 23.6 Å². The number of alkyl carbamates (subject to hydrolysis) is 1. The van der Waals surface area contributed by atoms with Crippen LogP contribution in [0.25, 0.3) is 0 Å². The molecule has 7 nitrogen and oxygen atoms in total. The van der Waals surface area contributed by atoms with Crippen molar-refractivity contribution in [3.63, 3.8) is 0 Å². The van der Waals surface area contributed by atoms with Gasteiger partial charge in [0, 0.05) is 12.6 Å². The Hall–Kier alpha value is -3.01. The van der Waals surface area contributed by atoms with Crippen molar-refractivity contribution in [3.8, 4) is 12.5 Å². The maximum Gasteiger partial charge on any atom is 0.408 e. The number of hydrogen-bond donors (Lipinski definition) is 2. The Labute approximate surface area is 211 Å². The van der Waals surface area contributed by atoms with Gasteiger partial charge < -0.3 is 15.4 Å². The van der Waals surface area contributed by atoms with Gasteiger partial charge in [0.15, 0.2) is 0 Å². The predicted molar refractivity (Wildman–Crippen MR) is 139 cm³/mol. The molecule has 1 aromatic carbocycles. The average molecular weight is 486 g/mol. The van der Waals surface area contributed by atoms with Crippen LogP contribution >= 0.6 is 0 Å². The number of carbonyl (C=O) groups excluding carboxylic acids is 3. The molecule has 0 aliphatic rings. The average Bonchev–Trinajstić information content (AvgIpc) is 2.78. The predicted octanol–water partition coefficient (Wildman–Crippen LogP) is 5.01. The van der Waals surface area contributed by atoms with Crippen LogP contribution in [0, 0.1) is 32.2 Å². The quantitative estimate of drug-likeness (QED) is 0.262. The second kappa shape index (κ2) is 13.8. The number of nitrogens with one attached hydrogen (secondary N) is 2. The first-order valence-electron chi connectivity index (χ1n) is 12.5. The van der Waals surface area contributed by atoms with Gasteiger partial charge in [-0.1, -0.05) is 64.7 Å². The minimum atomic E-state index is -1.03. The Morgan fingerprint density at radius 1 is 1.14 bits per heavy atom. The van der Waals surface area contributed by atoms with Crippen LogP contribution in [-0.2, 0) is 14.3 Å². The van der Waals surface area contributed by atoms with Crippen LogP contribution in [0.1, 0.15) is 90.0 Å². The lowest BCUT2D eigenvalue weighted by Gasteiger charge is -2.33. The Kier molecular flexibility index (Phi) is 11.8. The SMILES string of the molecule is C#CN(C(=O)C(NC(=O)OC(C)(C)C)C(C)CC)C(C(=O)NCCCCC)c1cccc(C)c1C. The highest BCUT2D eigenvalue weighted by Crippen LogP contribution is 2.28. The molecule has 0 spiro atoms. The molecule has 0 aliphatic carbocycles. The van der Waals surface area contributed by atoms with E-state index in [1.54, 1.807) is 20.8 Å². The minimum absolute atomic E-state index is 0.238. The summed E-state index contributed by atoms with van der Waals surface area (Å²) in [5.74, 6) is -1.11. The highest BCUT2D eigenvalue weighted by Gasteiger charge is 2.38. The van der Waals surface area contributed by atoms with Crippen LogP contribution in [0.3, 0.4) is 0 Å². The number of benzene rings is 1. The Morgan fingerprint density at radius 2 is 1.80 bits per heavy atom. The van der Waals surface area contributed by atoms with Gasteiger partial charge >= 0.3 is 6.09 Å². The summed E-state index contributed by atoms with van der Waals surface area (Å²) in [6.07, 6.45) is 8.61. The molecule has 0 bridgehead atoms. The number of carbonyl (C=O) groups is 3. The molecule has 0 radical (unpaired) electrons. The van der Waals surface area contributed by atoms with Crippen molar-refractivity contribution in [1.29, 1.82) is 0 Å². The van der Waals surface area contributed by atoms with Gasteiger partial charge in [-0.3, -0.25) is 14.5 Å². The van der Waals surface area contributed by atoms with Crippen molar-refractivity contribution in [2.45, 2.75) is 98.8 Å². The van der Waals surface area contributed by atoms with Gasteiger partial charge in [0.25, 0.3) is 5.91 Å². The van der Waals surface area contributed by atoms with E-state index in [0.29, 0.717) is 18.5 Å². The molecule has 1 aromatic rings. The first kappa shape index (κ1) is 30.0. The van der Waals surface area contributed by atoms with Gasteiger partial charge in [-0.15, -0.1) is 0 Å². The fraction of sp³-hybridized carbons (Fsp3) is 0.607. The zero-order valence-corrected chi connectivity index (χ0v) is 22.7. The van der Waals surface area contributed by atoms with E-state index < -0.39 is 29.7 Å². The Morgan fingerprint density at radius 3 is 2.34 bits per heavy atom. The van der Waals surface area contributed by atoms with Crippen molar-refractivity contribution in [2.75, 3.05) is 6.54 Å². The van der Waals surface area contributed by atoms with Gasteiger partial charge in [0.1, 0.15) is 17.7 Å². The van der Waals surface area contributed by atoms with Gasteiger partial charge in [0.2, 0.25) is 5.91 Å². The lowest BCUT2D eigenvalue weighted by Crippen LogP contribution is -2.54. The van der Waals surface area contributed by atoms with Crippen LogP contribution in [0.15, 0.2) is 18.2 Å². The summed E-state index contributed by atoms with van der Waals surface area (Å²) in [6.45, 7) is 15.5. The summed E-state index contributed by atoms with van der Waals surface area (Å²) in [5, 5.41) is 5.64. The Bertz CT molecular complexity index is 914. The van der Waals surface area contributed by atoms with E-state index in [1.807, 2.05) is 45.9 Å². The summed E-state index contributed by atoms with van der Waals surface area (Å²) >= 11 is 0. The second-order valence-electron chi connectivity index (χ2n) is 10.0. The standard InChI is InChI=1S/C28H43N3O4/c1-10-13-14-18-29-25(32)24(22-17-15-16-20(5)21(22)6)31(12-3)26(33)23(19(4)11-2)30-27(34)35-28(7,8)9/h3,15-17,19,23-24H,10-11,13-14,18H2,1-2,4-9H3,(H,29,32)(H,30,34). The molecule has 35 heavy (non-hydrogen) atoms. The molecule has 0 aromatic heterocycles. The number of ether oxygens (including phenoxy) is 1. The van der Waals surface area contributed by atoms with E-state index in [-0.39, 0.29) is 11.8 Å². The molecule has 3 atom stereocenters. The van der Waals surface area contributed by atoms with Crippen LogP contribution in [0.2, 0.25) is 0 Å². The minimum Gasteiger partial charge on any atom is -0.444 e. The monoisotopic (exact) mass is 485 g/mol. The molecule has 3 unspecified atom stereocenters. The molecule has 0 fully saturated rings. The summed E-state index contributed by atoms with van der Waals surface area (Å²) in [7, 11) is 0. The lowest BCUT2D eigenvalue weighted by atomic mass is 9.93. The molecule has 7 heteroatoms. The number of nitrogens with zero attached hydrogens (tertiary/aromatic N) is 1. The Balaban J connectivity index is 3.41. The molecule has 0 heterocycles. The van der Waals surface area contributed by atoms with Gasteiger partial charge in [-0.2, -0.15) is 0 Å². The number of aryl methyl sites for hydroxylation is 1. The second-order valence-corrected chi connectivity index (χ2v) is 10.0. The number of rotatable bonds is 11. The summed E-state index contributed by atoms with van der Waals surface area (Å²) in [4.78, 5) is 40.9. The molecule has 3 amide bonds. The molecule has 0 saturated heterocycles. The molecular formula is C28H43N3O4. The van der Waals surface area contributed by atoms with E-state index in [4.69, 9.17) is 11.2 Å². The normalized spacial score (nSPS) is 13.7. The van der Waals surface area contributed by atoms with Crippen LogP contribution in [0.4, 0.5) is 4.79 Å². The number of terminal acetylenes is 1. The van der Waals surface area contributed by atoms with Crippen LogP contribution in [-0.4, -0.2) is 41.0 Å². The zero-order valence-electron chi connectivity index (χ0n) is 22.7. The molecule has 1 rings (SSSR count). The molecule has 194 valence electrons. The van der Waals surface area contributed by atoms with E-state index in [9.17, 15) is 14.4 Å². The molecule has 2 N–H and O–H groups in total. The van der Waals surface area contributed by atoms with Crippen molar-refractivity contribution in [3.05, 3.63) is 34.9 Å². The third-order valence-corrected chi connectivity index (χ3v) is 6.06. The highest BCUT2D eigenvalue weighted by molar-refractivity contribution is 5.93. The third kappa shape index (κ3) is 8.93. The maximum absolute atomic E-state index is 13.8. The molecular weight excluding hydrogens is 442 g/mol. The highest BCUT2D eigenvalue weighted by atomic mass is 16.6. The fourth-order valence-corrected chi connectivity index (χ4v) is 3.68. The lowest BCUT2D eigenvalue weighted by molar-refractivity contribution is -0.139. The fourth-order valence-electron chi connectivity index (χ4n) is 3.68. The number of amides is 3. The van der Waals surface area contributed by atoms with E-state index in [0.717, 1.165) is 35.3 Å². The largest absolute Gasteiger partial charge is 0.444 e. The summed E-state index contributed by atoms with van der Waals surface area (Å²) < 4.78 is 5.38. The van der Waals surface area contributed by atoms with Gasteiger partial charge in [0.05, 0.1) is 0 Å². The van der Waals surface area contributed by atoms with Crippen LogP contribution < -0.4 is 10.6 Å². The molecule has 0 saturated carbocycles.